The topological polar surface area (TPSA) is 35.2 Å². The van der Waals surface area contributed by atoms with Crippen molar-refractivity contribution in [3.63, 3.8) is 0 Å². The van der Waals surface area contributed by atoms with Crippen molar-refractivity contribution in [3.8, 4) is 0 Å². The van der Waals surface area contributed by atoms with E-state index < -0.39 is 0 Å². The lowest BCUT2D eigenvalue weighted by Crippen LogP contribution is -2.49. The lowest BCUT2D eigenvalue weighted by Gasteiger charge is -2.41. The quantitative estimate of drug-likeness (QED) is 0.775. The monoisotopic (exact) mass is 263 g/mol. The number of ether oxygens (including phenoxy) is 1. The molecule has 1 aromatic carbocycles. The molecule has 0 fully saturated rings. The maximum absolute atomic E-state index is 6.63. The summed E-state index contributed by atoms with van der Waals surface area (Å²) in [4.78, 5) is 0. The number of hydrogen-bond donors (Lipinski definition) is 1. The van der Waals surface area contributed by atoms with Crippen LogP contribution in [0.2, 0.25) is 0 Å². The molecule has 0 radical (unpaired) electrons. The van der Waals surface area contributed by atoms with Gasteiger partial charge in [0, 0.05) is 25.2 Å². The molecular formula is C17H29NO. The van der Waals surface area contributed by atoms with Crippen molar-refractivity contribution in [1.82, 2.24) is 0 Å². The van der Waals surface area contributed by atoms with Crippen molar-refractivity contribution in [1.29, 1.82) is 0 Å². The summed E-state index contributed by atoms with van der Waals surface area (Å²) in [6.07, 6.45) is 3.17. The van der Waals surface area contributed by atoms with E-state index in [-0.39, 0.29) is 11.5 Å². The summed E-state index contributed by atoms with van der Waals surface area (Å²) in [6, 6.07) is 10.9. The van der Waals surface area contributed by atoms with Gasteiger partial charge in [-0.05, 0) is 30.7 Å². The predicted octanol–water partition coefficient (Wildman–Crippen LogP) is 3.74. The zero-order valence-corrected chi connectivity index (χ0v) is 12.9. The van der Waals surface area contributed by atoms with Gasteiger partial charge in [0.15, 0.2) is 0 Å². The highest BCUT2D eigenvalue weighted by Crippen LogP contribution is 2.37. The molecule has 0 aliphatic heterocycles. The van der Waals surface area contributed by atoms with Gasteiger partial charge in [0.2, 0.25) is 0 Å². The van der Waals surface area contributed by atoms with E-state index in [2.05, 4.69) is 51.1 Å². The van der Waals surface area contributed by atoms with Crippen LogP contribution in [0.25, 0.3) is 0 Å². The van der Waals surface area contributed by atoms with Crippen molar-refractivity contribution >= 4 is 0 Å². The molecule has 0 bridgehead atoms. The Kier molecular flexibility index (Phi) is 6.53. The van der Waals surface area contributed by atoms with Gasteiger partial charge < -0.3 is 10.5 Å². The van der Waals surface area contributed by atoms with Gasteiger partial charge in [-0.3, -0.25) is 0 Å². The second kappa shape index (κ2) is 7.66. The average Bonchev–Trinajstić information content (AvgIpc) is 2.47. The van der Waals surface area contributed by atoms with Crippen molar-refractivity contribution < 1.29 is 4.74 Å². The van der Waals surface area contributed by atoms with Crippen LogP contribution in [0.4, 0.5) is 0 Å². The first kappa shape index (κ1) is 16.2. The van der Waals surface area contributed by atoms with Gasteiger partial charge in [-0.25, -0.2) is 0 Å². The molecule has 0 saturated carbocycles. The fraction of sp³-hybridized carbons (Fsp3) is 0.647. The fourth-order valence-corrected chi connectivity index (χ4v) is 3.12. The summed E-state index contributed by atoms with van der Waals surface area (Å²) in [5.41, 5.74) is 8.08. The maximum Gasteiger partial charge on any atom is 0.0465 e. The summed E-state index contributed by atoms with van der Waals surface area (Å²) in [7, 11) is 1.75. The zero-order valence-electron chi connectivity index (χ0n) is 12.9. The standard InChI is InChI=1S/C17H29NO/c1-5-17(6-2,15-10-8-7-9-11-15)16(18)14(3)12-13-19-4/h7-11,14,16H,5-6,12-13,18H2,1-4H3. The van der Waals surface area contributed by atoms with Crippen LogP contribution >= 0.6 is 0 Å². The van der Waals surface area contributed by atoms with E-state index in [9.17, 15) is 0 Å². The molecule has 19 heavy (non-hydrogen) atoms. The molecule has 2 atom stereocenters. The molecule has 1 aromatic rings. The van der Waals surface area contributed by atoms with Gasteiger partial charge in [-0.2, -0.15) is 0 Å². The molecular weight excluding hydrogens is 234 g/mol. The highest BCUT2D eigenvalue weighted by atomic mass is 16.5. The van der Waals surface area contributed by atoms with Crippen molar-refractivity contribution in [2.45, 2.75) is 51.5 Å². The predicted molar refractivity (Wildman–Crippen MR) is 82.3 cm³/mol. The molecule has 0 aliphatic carbocycles. The van der Waals surface area contributed by atoms with Crippen LogP contribution in [-0.4, -0.2) is 19.8 Å². The van der Waals surface area contributed by atoms with E-state index in [0.29, 0.717) is 5.92 Å². The molecule has 108 valence electrons. The molecule has 1 rings (SSSR count). The third kappa shape index (κ3) is 3.58. The number of benzene rings is 1. The van der Waals surface area contributed by atoms with Crippen LogP contribution in [0.3, 0.4) is 0 Å². The average molecular weight is 263 g/mol. The van der Waals surface area contributed by atoms with Crippen LogP contribution in [0.5, 0.6) is 0 Å². The summed E-state index contributed by atoms with van der Waals surface area (Å²) in [6.45, 7) is 7.53. The molecule has 0 aliphatic rings. The highest BCUT2D eigenvalue weighted by molar-refractivity contribution is 5.27. The Morgan fingerprint density at radius 3 is 2.21 bits per heavy atom. The molecule has 2 heteroatoms. The van der Waals surface area contributed by atoms with Gasteiger partial charge >= 0.3 is 0 Å². The summed E-state index contributed by atoms with van der Waals surface area (Å²) >= 11 is 0. The Balaban J connectivity index is 2.98. The fourth-order valence-electron chi connectivity index (χ4n) is 3.12. The minimum atomic E-state index is 0.0778. The van der Waals surface area contributed by atoms with Gasteiger partial charge in [0.25, 0.3) is 0 Å². The summed E-state index contributed by atoms with van der Waals surface area (Å²) in [5.74, 6) is 0.458. The molecule has 2 nitrogen and oxygen atoms in total. The van der Waals surface area contributed by atoms with Crippen LogP contribution in [-0.2, 0) is 10.2 Å². The van der Waals surface area contributed by atoms with Crippen molar-refractivity contribution in [2.75, 3.05) is 13.7 Å². The first-order valence-corrected chi connectivity index (χ1v) is 7.42. The van der Waals surface area contributed by atoms with E-state index in [1.54, 1.807) is 7.11 Å². The smallest absolute Gasteiger partial charge is 0.0465 e. The first-order valence-electron chi connectivity index (χ1n) is 7.42. The largest absolute Gasteiger partial charge is 0.385 e. The summed E-state index contributed by atoms with van der Waals surface area (Å²) < 4.78 is 5.19. The highest BCUT2D eigenvalue weighted by Gasteiger charge is 2.37. The van der Waals surface area contributed by atoms with Gasteiger partial charge in [0.05, 0.1) is 0 Å². The molecule has 0 spiro atoms. The molecule has 0 amide bonds. The van der Waals surface area contributed by atoms with Crippen molar-refractivity contribution in [2.24, 2.45) is 11.7 Å². The van der Waals surface area contributed by atoms with Crippen LogP contribution in [0, 0.1) is 5.92 Å². The lowest BCUT2D eigenvalue weighted by molar-refractivity contribution is 0.157. The summed E-state index contributed by atoms with van der Waals surface area (Å²) in [5, 5.41) is 0. The number of rotatable bonds is 8. The van der Waals surface area contributed by atoms with Gasteiger partial charge in [-0.15, -0.1) is 0 Å². The van der Waals surface area contributed by atoms with E-state index in [1.807, 2.05) is 0 Å². The second-order valence-electron chi connectivity index (χ2n) is 5.51. The minimum absolute atomic E-state index is 0.0778. The second-order valence-corrected chi connectivity index (χ2v) is 5.51. The number of methoxy groups -OCH3 is 1. The molecule has 0 heterocycles. The Bertz CT molecular complexity index is 346. The van der Waals surface area contributed by atoms with E-state index in [0.717, 1.165) is 25.9 Å². The third-order valence-electron chi connectivity index (χ3n) is 4.64. The third-order valence-corrected chi connectivity index (χ3v) is 4.64. The van der Waals surface area contributed by atoms with Crippen LogP contribution < -0.4 is 5.73 Å². The maximum atomic E-state index is 6.63. The molecule has 0 saturated heterocycles. The molecule has 0 aromatic heterocycles. The first-order chi connectivity index (χ1) is 9.12. The minimum Gasteiger partial charge on any atom is -0.385 e. The van der Waals surface area contributed by atoms with E-state index >= 15 is 0 Å². The lowest BCUT2D eigenvalue weighted by atomic mass is 9.66. The van der Waals surface area contributed by atoms with Gasteiger partial charge in [0.1, 0.15) is 0 Å². The zero-order chi connectivity index (χ0) is 14.3. The van der Waals surface area contributed by atoms with Crippen LogP contribution in [0.15, 0.2) is 30.3 Å². The molecule has 2 unspecified atom stereocenters. The normalized spacial score (nSPS) is 15.2. The van der Waals surface area contributed by atoms with Gasteiger partial charge in [-0.1, -0.05) is 51.1 Å². The Morgan fingerprint density at radius 2 is 1.74 bits per heavy atom. The van der Waals surface area contributed by atoms with E-state index in [1.165, 1.54) is 5.56 Å². The van der Waals surface area contributed by atoms with Crippen molar-refractivity contribution in [3.05, 3.63) is 35.9 Å². The van der Waals surface area contributed by atoms with E-state index in [4.69, 9.17) is 10.5 Å². The Labute approximate surface area is 118 Å². The molecule has 2 N–H and O–H groups in total. The SMILES string of the molecule is CCC(CC)(c1ccccc1)C(N)C(C)CCOC. The Morgan fingerprint density at radius 1 is 1.16 bits per heavy atom. The van der Waals surface area contributed by atoms with Crippen LogP contribution in [0.1, 0.15) is 45.6 Å². The number of nitrogens with two attached hydrogens (primary N) is 1. The Hall–Kier alpha value is -0.860. The number of hydrogen-bond acceptors (Lipinski definition) is 2.